The minimum Gasteiger partial charge on any atom is -0.324 e. The van der Waals surface area contributed by atoms with Crippen LogP contribution in [0.25, 0.3) is 0 Å². The molecule has 1 amide bonds. The molecule has 8 heteroatoms. The molecular formula is C18H20FN3O3S. The monoisotopic (exact) mass is 377 g/mol. The highest BCUT2D eigenvalue weighted by Crippen LogP contribution is 2.24. The summed E-state index contributed by atoms with van der Waals surface area (Å²) in [6.07, 6.45) is 0.478. The second kappa shape index (κ2) is 7.94. The van der Waals surface area contributed by atoms with E-state index in [4.69, 9.17) is 0 Å². The first kappa shape index (κ1) is 18.5. The van der Waals surface area contributed by atoms with Crippen LogP contribution in [0, 0.1) is 5.82 Å². The van der Waals surface area contributed by atoms with Crippen LogP contribution in [0.2, 0.25) is 0 Å². The molecule has 0 spiro atoms. The normalized spacial score (nSPS) is 13.9. The Morgan fingerprint density at radius 2 is 1.92 bits per heavy atom. The third-order valence-electron chi connectivity index (χ3n) is 4.18. The first-order valence-electron chi connectivity index (χ1n) is 8.33. The van der Waals surface area contributed by atoms with E-state index in [1.165, 1.54) is 18.2 Å². The lowest BCUT2D eigenvalue weighted by Gasteiger charge is -2.19. The number of anilines is 1. The summed E-state index contributed by atoms with van der Waals surface area (Å²) in [5.74, 6) is -0.865. The van der Waals surface area contributed by atoms with Gasteiger partial charge in [-0.1, -0.05) is 24.3 Å². The molecule has 3 rings (SSSR count). The van der Waals surface area contributed by atoms with Gasteiger partial charge in [0.25, 0.3) is 0 Å². The van der Waals surface area contributed by atoms with Gasteiger partial charge >= 0.3 is 0 Å². The highest BCUT2D eigenvalue weighted by atomic mass is 32.2. The van der Waals surface area contributed by atoms with E-state index in [0.717, 1.165) is 5.56 Å². The number of hydrogen-bond acceptors (Lipinski definition) is 4. The molecule has 2 aromatic rings. The van der Waals surface area contributed by atoms with Crippen LogP contribution in [0.1, 0.15) is 17.5 Å². The van der Waals surface area contributed by atoms with Crippen molar-refractivity contribution in [3.8, 4) is 0 Å². The smallest absolute Gasteiger partial charge is 0.240 e. The molecule has 0 bridgehead atoms. The fraction of sp³-hybridized carbons (Fsp3) is 0.278. The standard InChI is InChI=1S/C18H20FN3O3S/c19-18-15-8-10-20-12-13(15)6-7-16(18)22-17(23)9-11-21-26(24,25)14-4-2-1-3-5-14/h1-7,20-21H,8-12H2,(H,22,23). The third kappa shape index (κ3) is 4.27. The molecule has 6 nitrogen and oxygen atoms in total. The van der Waals surface area contributed by atoms with Crippen molar-refractivity contribution in [1.29, 1.82) is 0 Å². The zero-order valence-electron chi connectivity index (χ0n) is 14.1. The van der Waals surface area contributed by atoms with E-state index < -0.39 is 21.7 Å². The van der Waals surface area contributed by atoms with Gasteiger partial charge in [-0.2, -0.15) is 0 Å². The molecule has 0 aromatic heterocycles. The number of sulfonamides is 1. The topological polar surface area (TPSA) is 87.3 Å². The summed E-state index contributed by atoms with van der Waals surface area (Å²) in [5, 5.41) is 5.68. The van der Waals surface area contributed by atoms with Crippen molar-refractivity contribution in [3.63, 3.8) is 0 Å². The van der Waals surface area contributed by atoms with Crippen LogP contribution in [0.3, 0.4) is 0 Å². The van der Waals surface area contributed by atoms with E-state index in [9.17, 15) is 17.6 Å². The summed E-state index contributed by atoms with van der Waals surface area (Å²) in [6, 6.07) is 11.2. The molecule has 0 unspecified atom stereocenters. The molecule has 3 N–H and O–H groups in total. The fourth-order valence-corrected chi connectivity index (χ4v) is 3.88. The maximum absolute atomic E-state index is 14.5. The molecule has 1 heterocycles. The zero-order valence-corrected chi connectivity index (χ0v) is 14.9. The van der Waals surface area contributed by atoms with E-state index in [-0.39, 0.29) is 23.5 Å². The van der Waals surface area contributed by atoms with Gasteiger partial charge in [-0.05, 0) is 42.3 Å². The van der Waals surface area contributed by atoms with Crippen molar-refractivity contribution in [2.75, 3.05) is 18.4 Å². The molecule has 0 saturated heterocycles. The first-order valence-corrected chi connectivity index (χ1v) is 9.81. The summed E-state index contributed by atoms with van der Waals surface area (Å²) in [7, 11) is -3.66. The lowest BCUT2D eigenvalue weighted by atomic mass is 9.99. The van der Waals surface area contributed by atoms with Gasteiger partial charge in [0.2, 0.25) is 15.9 Å². The van der Waals surface area contributed by atoms with Gasteiger partial charge < -0.3 is 10.6 Å². The molecule has 0 fully saturated rings. The molecule has 26 heavy (non-hydrogen) atoms. The van der Waals surface area contributed by atoms with Crippen molar-refractivity contribution in [2.45, 2.75) is 24.3 Å². The van der Waals surface area contributed by atoms with Crippen molar-refractivity contribution < 1.29 is 17.6 Å². The number of halogens is 1. The van der Waals surface area contributed by atoms with Crippen molar-refractivity contribution >= 4 is 21.6 Å². The molecule has 0 saturated carbocycles. The number of benzene rings is 2. The van der Waals surface area contributed by atoms with Gasteiger partial charge in [-0.15, -0.1) is 0 Å². The molecule has 0 aliphatic carbocycles. The number of carbonyl (C=O) groups excluding carboxylic acids is 1. The maximum Gasteiger partial charge on any atom is 0.240 e. The Balaban J connectivity index is 1.57. The van der Waals surface area contributed by atoms with Crippen molar-refractivity contribution in [2.24, 2.45) is 0 Å². The minimum atomic E-state index is -3.66. The SMILES string of the molecule is O=C(CCNS(=O)(=O)c1ccccc1)Nc1ccc2c(c1F)CCNC2. The molecule has 0 radical (unpaired) electrons. The molecular weight excluding hydrogens is 357 g/mol. The fourth-order valence-electron chi connectivity index (χ4n) is 2.82. The van der Waals surface area contributed by atoms with E-state index in [0.29, 0.717) is 25.1 Å². The number of carbonyl (C=O) groups is 1. The largest absolute Gasteiger partial charge is 0.324 e. The summed E-state index contributed by atoms with van der Waals surface area (Å²) >= 11 is 0. The molecule has 1 aliphatic heterocycles. The Hall–Kier alpha value is -2.29. The van der Waals surface area contributed by atoms with Crippen molar-refractivity contribution in [3.05, 3.63) is 59.4 Å². The average molecular weight is 377 g/mol. The predicted octanol–water partition coefficient (Wildman–Crippen LogP) is 1.78. The summed E-state index contributed by atoms with van der Waals surface area (Å²) in [4.78, 5) is 12.2. The lowest BCUT2D eigenvalue weighted by Crippen LogP contribution is -2.28. The Morgan fingerprint density at radius 3 is 2.69 bits per heavy atom. The summed E-state index contributed by atoms with van der Waals surface area (Å²) < 4.78 is 41.0. The molecule has 0 atom stereocenters. The summed E-state index contributed by atoms with van der Waals surface area (Å²) in [5.41, 5.74) is 1.63. The van der Waals surface area contributed by atoms with Crippen LogP contribution in [-0.2, 0) is 27.8 Å². The van der Waals surface area contributed by atoms with Crippen LogP contribution in [0.5, 0.6) is 0 Å². The van der Waals surface area contributed by atoms with Crippen LogP contribution >= 0.6 is 0 Å². The number of hydrogen-bond donors (Lipinski definition) is 3. The summed E-state index contributed by atoms with van der Waals surface area (Å²) in [6.45, 7) is 1.24. The highest BCUT2D eigenvalue weighted by molar-refractivity contribution is 7.89. The quantitative estimate of drug-likeness (QED) is 0.716. The number of rotatable bonds is 6. The molecule has 1 aliphatic rings. The first-order chi connectivity index (χ1) is 12.5. The number of nitrogens with one attached hydrogen (secondary N) is 3. The Kier molecular flexibility index (Phi) is 5.65. The van der Waals surface area contributed by atoms with E-state index in [1.54, 1.807) is 24.3 Å². The van der Waals surface area contributed by atoms with Gasteiger partial charge in [0.1, 0.15) is 5.82 Å². The van der Waals surface area contributed by atoms with Gasteiger partial charge in [-0.3, -0.25) is 4.79 Å². The zero-order chi connectivity index (χ0) is 18.6. The third-order valence-corrected chi connectivity index (χ3v) is 5.66. The van der Waals surface area contributed by atoms with Crippen molar-refractivity contribution in [1.82, 2.24) is 10.0 Å². The van der Waals surface area contributed by atoms with E-state index in [1.807, 2.05) is 0 Å². The van der Waals surface area contributed by atoms with Crippen LogP contribution < -0.4 is 15.4 Å². The molecule has 138 valence electrons. The van der Waals surface area contributed by atoms with Gasteiger partial charge in [0.15, 0.2) is 0 Å². The predicted molar refractivity (Wildman–Crippen MR) is 96.7 cm³/mol. The Bertz CT molecular complexity index is 901. The van der Waals surface area contributed by atoms with Gasteiger partial charge in [-0.25, -0.2) is 17.5 Å². The number of fused-ring (bicyclic) bond motifs is 1. The Morgan fingerprint density at radius 1 is 1.15 bits per heavy atom. The maximum atomic E-state index is 14.5. The lowest BCUT2D eigenvalue weighted by molar-refractivity contribution is -0.116. The Labute approximate surface area is 151 Å². The van der Waals surface area contributed by atoms with Gasteiger partial charge in [0.05, 0.1) is 10.6 Å². The minimum absolute atomic E-state index is 0.0699. The highest BCUT2D eigenvalue weighted by Gasteiger charge is 2.18. The van der Waals surface area contributed by atoms with Crippen LogP contribution in [0.15, 0.2) is 47.4 Å². The van der Waals surface area contributed by atoms with Crippen LogP contribution in [0.4, 0.5) is 10.1 Å². The average Bonchev–Trinajstić information content (AvgIpc) is 2.65. The number of amides is 1. The van der Waals surface area contributed by atoms with Gasteiger partial charge in [0, 0.05) is 19.5 Å². The molecule has 2 aromatic carbocycles. The van der Waals surface area contributed by atoms with E-state index >= 15 is 0 Å². The van der Waals surface area contributed by atoms with Crippen LogP contribution in [-0.4, -0.2) is 27.4 Å². The second-order valence-electron chi connectivity index (χ2n) is 6.00. The van der Waals surface area contributed by atoms with E-state index in [2.05, 4.69) is 15.4 Å². The second-order valence-corrected chi connectivity index (χ2v) is 7.77.